The molecule has 0 saturated carbocycles. The number of hydrogen-bond donors (Lipinski definition) is 4. The van der Waals surface area contributed by atoms with E-state index in [0.717, 1.165) is 15.8 Å². The van der Waals surface area contributed by atoms with Gasteiger partial charge in [-0.2, -0.15) is 16.5 Å². The van der Waals surface area contributed by atoms with Gasteiger partial charge in [0.2, 0.25) is 0 Å². The number of rotatable bonds is 2. The minimum absolute atomic E-state index is 0. The molecule has 4 nitrogen and oxygen atoms in total. The Balaban J connectivity index is 0.00000225. The van der Waals surface area contributed by atoms with E-state index in [0.29, 0.717) is 10.7 Å². The summed E-state index contributed by atoms with van der Waals surface area (Å²) in [5.41, 5.74) is 8.79. The minimum Gasteiger partial charge on any atom is -0.507 e. The van der Waals surface area contributed by atoms with Crippen molar-refractivity contribution < 1.29 is 22.2 Å². The molecule has 16 heavy (non-hydrogen) atoms. The van der Waals surface area contributed by atoms with Crippen LogP contribution in [0.2, 0.25) is 0 Å². The van der Waals surface area contributed by atoms with Gasteiger partial charge in [-0.15, -0.1) is 0 Å². The van der Waals surface area contributed by atoms with E-state index in [9.17, 15) is 5.11 Å². The first-order valence-corrected chi connectivity index (χ1v) is 6.27. The van der Waals surface area contributed by atoms with E-state index in [1.54, 1.807) is 18.2 Å². The molecule has 0 fully saturated rings. The Bertz CT molecular complexity index is 412. The van der Waals surface area contributed by atoms with Gasteiger partial charge in [-0.05, 0) is 24.5 Å². The summed E-state index contributed by atoms with van der Waals surface area (Å²) in [5.74, 6) is 0.177. The van der Waals surface area contributed by atoms with Gasteiger partial charge in [-0.1, -0.05) is 15.9 Å². The van der Waals surface area contributed by atoms with Crippen LogP contribution in [0, 0.1) is 0 Å². The van der Waals surface area contributed by atoms with E-state index in [-0.39, 0.29) is 22.8 Å². The van der Waals surface area contributed by atoms with Crippen LogP contribution in [-0.4, -0.2) is 22.7 Å². The third-order valence-electron chi connectivity index (χ3n) is 1.61. The van der Waals surface area contributed by atoms with Crippen LogP contribution in [0.15, 0.2) is 27.8 Å². The van der Waals surface area contributed by atoms with Crippen LogP contribution < -0.4 is 11.2 Å². The van der Waals surface area contributed by atoms with Crippen molar-refractivity contribution in [1.29, 1.82) is 0 Å². The van der Waals surface area contributed by atoms with E-state index in [4.69, 9.17) is 5.73 Å². The van der Waals surface area contributed by atoms with Gasteiger partial charge in [0.05, 0.1) is 6.21 Å². The molecule has 0 saturated heterocycles. The zero-order valence-corrected chi connectivity index (χ0v) is 12.0. The monoisotopic (exact) mass is 345 g/mol. The minimum atomic E-state index is 0. The van der Waals surface area contributed by atoms with Gasteiger partial charge in [0.15, 0.2) is 0 Å². The second kappa shape index (κ2) is 7.86. The Labute approximate surface area is 117 Å². The molecule has 0 unspecified atom stereocenters. The number of nitrogens with one attached hydrogen (secondary N) is 1. The standard InChI is InChI=1S/C9H12BrN3OS.Fe/c1-15-9(11)13-12-5-6-4-7(10)2-3-8(6)14;/h2-5,13-15H,11H2,1H3;. The quantitative estimate of drug-likeness (QED) is 0.214. The van der Waals surface area contributed by atoms with Crippen molar-refractivity contribution in [3.8, 4) is 5.75 Å². The Morgan fingerprint density at radius 2 is 2.31 bits per heavy atom. The van der Waals surface area contributed by atoms with Crippen LogP contribution in [-0.2, 0) is 17.1 Å². The number of nitrogens with zero attached hydrogens (tertiary/aromatic N) is 1. The molecular formula is C9H12BrFeN3OS. The number of halogens is 1. The molecule has 1 rings (SSSR count). The molecule has 0 aliphatic rings. The summed E-state index contributed by atoms with van der Waals surface area (Å²) >= 11 is 4.23. The molecule has 0 amide bonds. The summed E-state index contributed by atoms with van der Waals surface area (Å²) < 4.78 is 0.882. The SMILES string of the molecule is C[SH]=C(N)NN=Cc1cc(Br)ccc1O.[Fe]. The predicted octanol–water partition coefficient (Wildman–Crippen LogP) is 1.22. The van der Waals surface area contributed by atoms with Crippen LogP contribution in [0.25, 0.3) is 0 Å². The van der Waals surface area contributed by atoms with Crippen LogP contribution >= 0.6 is 27.3 Å². The van der Waals surface area contributed by atoms with Crippen LogP contribution in [0.5, 0.6) is 5.75 Å². The Morgan fingerprint density at radius 1 is 1.62 bits per heavy atom. The van der Waals surface area contributed by atoms with Gasteiger partial charge >= 0.3 is 0 Å². The van der Waals surface area contributed by atoms with Crippen molar-refractivity contribution in [2.75, 3.05) is 6.26 Å². The molecular weight excluding hydrogens is 334 g/mol. The Kier molecular flexibility index (Phi) is 7.70. The van der Waals surface area contributed by atoms with E-state index >= 15 is 0 Å². The average molecular weight is 346 g/mol. The third kappa shape index (κ3) is 5.14. The van der Waals surface area contributed by atoms with Gasteiger partial charge in [0.25, 0.3) is 0 Å². The summed E-state index contributed by atoms with van der Waals surface area (Å²) in [5, 5.41) is 13.9. The maximum absolute atomic E-state index is 9.48. The second-order valence-corrected chi connectivity index (χ2v) is 4.53. The van der Waals surface area contributed by atoms with Gasteiger partial charge < -0.3 is 5.11 Å². The number of phenols is 1. The first-order chi connectivity index (χ1) is 7.13. The molecule has 4 N–H and O–H groups in total. The topological polar surface area (TPSA) is 70.6 Å². The average Bonchev–Trinajstić information content (AvgIpc) is 2.23. The fraction of sp³-hybridized carbons (Fsp3) is 0.111. The van der Waals surface area contributed by atoms with Crippen molar-refractivity contribution >= 4 is 38.6 Å². The molecule has 0 radical (unpaired) electrons. The fourth-order valence-electron chi connectivity index (χ4n) is 0.847. The van der Waals surface area contributed by atoms with Gasteiger partial charge in [-0.25, -0.2) is 0 Å². The molecule has 1 aromatic carbocycles. The molecule has 0 aliphatic carbocycles. The third-order valence-corrected chi connectivity index (χ3v) is 2.69. The zero-order valence-electron chi connectivity index (χ0n) is 8.46. The van der Waals surface area contributed by atoms with Gasteiger partial charge in [-0.3, -0.25) is 11.2 Å². The molecule has 90 valence electrons. The van der Waals surface area contributed by atoms with Crippen molar-refractivity contribution in [2.45, 2.75) is 0 Å². The van der Waals surface area contributed by atoms with Gasteiger partial charge in [0.1, 0.15) is 10.9 Å². The van der Waals surface area contributed by atoms with E-state index in [2.05, 4.69) is 26.5 Å². The maximum Gasteiger partial charge on any atom is 0.124 e. The summed E-state index contributed by atoms with van der Waals surface area (Å²) in [6, 6.07) is 5.11. The molecule has 0 heterocycles. The first-order valence-electron chi connectivity index (χ1n) is 4.13. The summed E-state index contributed by atoms with van der Waals surface area (Å²) in [7, 11) is 0. The second-order valence-electron chi connectivity index (χ2n) is 2.68. The number of nitrogens with two attached hydrogens (primary N) is 1. The molecule has 0 atom stereocenters. The van der Waals surface area contributed by atoms with Crippen molar-refractivity contribution in [3.05, 3.63) is 28.2 Å². The normalized spacial score (nSPS) is 11.8. The summed E-state index contributed by atoms with van der Waals surface area (Å²) in [6.07, 6.45) is 3.41. The van der Waals surface area contributed by atoms with Crippen molar-refractivity contribution in [2.24, 2.45) is 10.8 Å². The molecule has 0 bridgehead atoms. The van der Waals surface area contributed by atoms with Gasteiger partial charge in [0, 0.05) is 27.1 Å². The number of thiol groups is 1. The zero-order chi connectivity index (χ0) is 11.3. The Morgan fingerprint density at radius 3 is 2.94 bits per heavy atom. The summed E-state index contributed by atoms with van der Waals surface area (Å²) in [6.45, 7) is 0. The molecule has 0 spiro atoms. The van der Waals surface area contributed by atoms with Crippen LogP contribution in [0.3, 0.4) is 0 Å². The largest absolute Gasteiger partial charge is 0.507 e. The van der Waals surface area contributed by atoms with Crippen LogP contribution in [0.1, 0.15) is 5.56 Å². The maximum atomic E-state index is 9.48. The molecule has 1 aromatic rings. The number of phenolic OH excluding ortho intramolecular Hbond substituents is 1. The fourth-order valence-corrected chi connectivity index (χ4v) is 1.38. The van der Waals surface area contributed by atoms with E-state index in [1.165, 1.54) is 6.21 Å². The van der Waals surface area contributed by atoms with Crippen molar-refractivity contribution in [1.82, 2.24) is 5.43 Å². The van der Waals surface area contributed by atoms with E-state index < -0.39 is 0 Å². The number of benzene rings is 1. The number of hydrogen-bond acceptors (Lipinski definition) is 2. The Hall–Kier alpha value is -0.331. The molecule has 0 aliphatic heterocycles. The molecule has 7 heteroatoms. The summed E-state index contributed by atoms with van der Waals surface area (Å²) in [4.78, 5) is 0. The number of hydrazone groups is 1. The van der Waals surface area contributed by atoms with E-state index in [1.807, 2.05) is 6.26 Å². The first kappa shape index (κ1) is 15.7. The van der Waals surface area contributed by atoms with Crippen molar-refractivity contribution in [3.63, 3.8) is 0 Å². The smallest absolute Gasteiger partial charge is 0.124 e. The molecule has 0 aromatic heterocycles. The number of aromatic hydroxyl groups is 1. The van der Waals surface area contributed by atoms with Crippen LogP contribution in [0.4, 0.5) is 0 Å². The predicted molar refractivity (Wildman–Crippen MR) is 70.6 cm³/mol.